The molecule has 1 aliphatic rings. The van der Waals surface area contributed by atoms with Crippen molar-refractivity contribution in [3.05, 3.63) is 80.6 Å². The van der Waals surface area contributed by atoms with Crippen LogP contribution in [0.15, 0.2) is 47.3 Å². The molecule has 4 rings (SSSR count). The molecule has 6 nitrogen and oxygen atoms in total. The number of nitrogens with zero attached hydrogens (tertiary/aromatic N) is 2. The molecule has 2 aromatic carbocycles. The summed E-state index contributed by atoms with van der Waals surface area (Å²) in [6.45, 7) is 7.27. The SMILES string of the molecule is CC(=O)c1ccc(NC(=O)[C@@H](C)n2nc(-c3cc(C)ccc3C)c3c(c2=O)CCCC3)cc1. The van der Waals surface area contributed by atoms with E-state index in [4.69, 9.17) is 5.10 Å². The quantitative estimate of drug-likeness (QED) is 0.574. The van der Waals surface area contributed by atoms with E-state index in [1.807, 2.05) is 13.8 Å². The molecule has 3 aromatic rings. The summed E-state index contributed by atoms with van der Waals surface area (Å²) in [5.74, 6) is -0.368. The largest absolute Gasteiger partial charge is 0.324 e. The van der Waals surface area contributed by atoms with Gasteiger partial charge in [0, 0.05) is 22.4 Å². The number of fused-ring (bicyclic) bond motifs is 1. The fourth-order valence-electron chi connectivity index (χ4n) is 4.37. The summed E-state index contributed by atoms with van der Waals surface area (Å²) in [6.07, 6.45) is 3.52. The summed E-state index contributed by atoms with van der Waals surface area (Å²) in [4.78, 5) is 37.9. The normalized spacial score (nSPS) is 13.8. The minimum Gasteiger partial charge on any atom is -0.324 e. The first-order valence-corrected chi connectivity index (χ1v) is 11.4. The van der Waals surface area contributed by atoms with Gasteiger partial charge in [-0.25, -0.2) is 4.68 Å². The van der Waals surface area contributed by atoms with Gasteiger partial charge < -0.3 is 5.32 Å². The maximum Gasteiger partial charge on any atom is 0.271 e. The maximum atomic E-state index is 13.3. The van der Waals surface area contributed by atoms with Crippen LogP contribution in [-0.4, -0.2) is 21.5 Å². The molecular formula is C27H29N3O3. The Labute approximate surface area is 193 Å². The number of Topliss-reactive ketones (excluding diaryl/α,β-unsaturated/α-hetero) is 1. The monoisotopic (exact) mass is 443 g/mol. The Kier molecular flexibility index (Phi) is 6.27. The van der Waals surface area contributed by atoms with Crippen molar-refractivity contribution in [2.24, 2.45) is 0 Å². The summed E-state index contributed by atoms with van der Waals surface area (Å²) >= 11 is 0. The molecule has 0 bridgehead atoms. The second-order valence-corrected chi connectivity index (χ2v) is 8.88. The highest BCUT2D eigenvalue weighted by Crippen LogP contribution is 2.31. The molecule has 1 N–H and O–H groups in total. The smallest absolute Gasteiger partial charge is 0.271 e. The molecule has 0 fully saturated rings. The van der Waals surface area contributed by atoms with Crippen LogP contribution < -0.4 is 10.9 Å². The second-order valence-electron chi connectivity index (χ2n) is 8.88. The number of hydrogen-bond acceptors (Lipinski definition) is 4. The molecule has 1 heterocycles. The standard InChI is InChI=1S/C27H29N3O3/c1-16-9-10-17(2)24(15-16)25-22-7-5-6-8-23(22)27(33)30(29-25)18(3)26(32)28-21-13-11-20(12-14-21)19(4)31/h9-15,18H,5-8H2,1-4H3,(H,28,32)/t18-/m1/s1. The average molecular weight is 444 g/mol. The molecule has 33 heavy (non-hydrogen) atoms. The Hall–Kier alpha value is -3.54. The molecule has 1 aromatic heterocycles. The molecule has 0 saturated carbocycles. The van der Waals surface area contributed by atoms with Crippen molar-refractivity contribution in [3.8, 4) is 11.3 Å². The molecule has 1 amide bonds. The van der Waals surface area contributed by atoms with Crippen LogP contribution in [0, 0.1) is 13.8 Å². The number of hydrogen-bond donors (Lipinski definition) is 1. The van der Waals surface area contributed by atoms with E-state index in [1.165, 1.54) is 11.6 Å². The van der Waals surface area contributed by atoms with E-state index in [2.05, 4.69) is 23.5 Å². The number of anilines is 1. The van der Waals surface area contributed by atoms with Gasteiger partial charge >= 0.3 is 0 Å². The molecule has 1 aliphatic carbocycles. The molecule has 0 aliphatic heterocycles. The number of aryl methyl sites for hydroxylation is 2. The Balaban J connectivity index is 1.73. The maximum absolute atomic E-state index is 13.3. The van der Waals surface area contributed by atoms with Crippen molar-refractivity contribution < 1.29 is 9.59 Å². The predicted molar refractivity (Wildman–Crippen MR) is 130 cm³/mol. The number of aromatic nitrogens is 2. The topological polar surface area (TPSA) is 81.1 Å². The third kappa shape index (κ3) is 4.51. The first-order valence-electron chi connectivity index (χ1n) is 11.4. The van der Waals surface area contributed by atoms with Gasteiger partial charge in [0.15, 0.2) is 5.78 Å². The molecule has 170 valence electrons. The average Bonchev–Trinajstić information content (AvgIpc) is 2.81. The number of ketones is 1. The molecular weight excluding hydrogens is 414 g/mol. The van der Waals surface area contributed by atoms with Crippen LogP contribution in [0.2, 0.25) is 0 Å². The van der Waals surface area contributed by atoms with E-state index >= 15 is 0 Å². The van der Waals surface area contributed by atoms with Crippen molar-refractivity contribution in [1.82, 2.24) is 9.78 Å². The van der Waals surface area contributed by atoms with Crippen molar-refractivity contribution >= 4 is 17.4 Å². The molecule has 0 unspecified atom stereocenters. The first-order chi connectivity index (χ1) is 15.8. The van der Waals surface area contributed by atoms with Gasteiger partial charge in [0.1, 0.15) is 6.04 Å². The third-order valence-corrected chi connectivity index (χ3v) is 6.38. The van der Waals surface area contributed by atoms with Gasteiger partial charge in [-0.15, -0.1) is 0 Å². The number of benzene rings is 2. The van der Waals surface area contributed by atoms with E-state index in [9.17, 15) is 14.4 Å². The fourth-order valence-corrected chi connectivity index (χ4v) is 4.37. The number of nitrogens with one attached hydrogen (secondary N) is 1. The van der Waals surface area contributed by atoms with E-state index < -0.39 is 6.04 Å². The van der Waals surface area contributed by atoms with Crippen LogP contribution >= 0.6 is 0 Å². The molecule has 1 atom stereocenters. The van der Waals surface area contributed by atoms with Gasteiger partial charge in [0.2, 0.25) is 5.91 Å². The number of rotatable bonds is 5. The molecule has 0 radical (unpaired) electrons. The van der Waals surface area contributed by atoms with Gasteiger partial charge in [-0.3, -0.25) is 14.4 Å². The zero-order valence-corrected chi connectivity index (χ0v) is 19.6. The number of carbonyl (C=O) groups is 2. The zero-order chi connectivity index (χ0) is 23.7. The van der Waals surface area contributed by atoms with Gasteiger partial charge in [-0.1, -0.05) is 17.7 Å². The summed E-state index contributed by atoms with van der Waals surface area (Å²) in [5.41, 5.74) is 6.78. The highest BCUT2D eigenvalue weighted by molar-refractivity contribution is 5.96. The Morgan fingerprint density at radius 1 is 1.00 bits per heavy atom. The van der Waals surface area contributed by atoms with Crippen molar-refractivity contribution in [2.45, 2.75) is 59.4 Å². The van der Waals surface area contributed by atoms with Crippen LogP contribution in [0.4, 0.5) is 5.69 Å². The van der Waals surface area contributed by atoms with Crippen molar-refractivity contribution in [3.63, 3.8) is 0 Å². The summed E-state index contributed by atoms with van der Waals surface area (Å²) in [5, 5.41) is 7.60. The van der Waals surface area contributed by atoms with E-state index in [0.717, 1.165) is 52.8 Å². The Morgan fingerprint density at radius 3 is 2.33 bits per heavy atom. The lowest BCUT2D eigenvalue weighted by Crippen LogP contribution is -2.37. The van der Waals surface area contributed by atoms with Crippen molar-refractivity contribution in [2.75, 3.05) is 5.32 Å². The minimum absolute atomic E-state index is 0.0370. The van der Waals surface area contributed by atoms with Crippen molar-refractivity contribution in [1.29, 1.82) is 0 Å². The van der Waals surface area contributed by atoms with E-state index in [0.29, 0.717) is 17.7 Å². The predicted octanol–water partition coefficient (Wildman–Crippen LogP) is 4.81. The highest BCUT2D eigenvalue weighted by atomic mass is 16.2. The van der Waals surface area contributed by atoms with Crippen LogP contribution in [0.5, 0.6) is 0 Å². The van der Waals surface area contributed by atoms with Gasteiger partial charge in [0.05, 0.1) is 5.69 Å². The molecule has 6 heteroatoms. The molecule has 0 saturated heterocycles. The minimum atomic E-state index is -0.791. The van der Waals surface area contributed by atoms with E-state index in [-0.39, 0.29) is 17.2 Å². The lowest BCUT2D eigenvalue weighted by atomic mass is 9.88. The molecule has 0 spiro atoms. The number of carbonyl (C=O) groups excluding carboxylic acids is 2. The van der Waals surface area contributed by atoms with Crippen LogP contribution in [-0.2, 0) is 17.6 Å². The summed E-state index contributed by atoms with van der Waals surface area (Å²) in [6, 6.07) is 12.2. The van der Waals surface area contributed by atoms with Crippen LogP contribution in [0.25, 0.3) is 11.3 Å². The van der Waals surface area contributed by atoms with E-state index in [1.54, 1.807) is 31.2 Å². The Bertz CT molecular complexity index is 1290. The summed E-state index contributed by atoms with van der Waals surface area (Å²) < 4.78 is 1.33. The second kappa shape index (κ2) is 9.14. The lowest BCUT2D eigenvalue weighted by molar-refractivity contribution is -0.119. The lowest BCUT2D eigenvalue weighted by Gasteiger charge is -2.23. The summed E-state index contributed by atoms with van der Waals surface area (Å²) in [7, 11) is 0. The zero-order valence-electron chi connectivity index (χ0n) is 19.6. The third-order valence-electron chi connectivity index (χ3n) is 6.38. The van der Waals surface area contributed by atoms with Crippen LogP contribution in [0.3, 0.4) is 0 Å². The first kappa shape index (κ1) is 22.6. The van der Waals surface area contributed by atoms with Gasteiger partial charge in [0.25, 0.3) is 5.56 Å². The number of amides is 1. The van der Waals surface area contributed by atoms with Crippen LogP contribution in [0.1, 0.15) is 65.3 Å². The van der Waals surface area contributed by atoms with Gasteiger partial charge in [-0.2, -0.15) is 5.10 Å². The van der Waals surface area contributed by atoms with Gasteiger partial charge in [-0.05, 0) is 94.8 Å². The highest BCUT2D eigenvalue weighted by Gasteiger charge is 2.26. The fraction of sp³-hybridized carbons (Fsp3) is 0.333. The Morgan fingerprint density at radius 2 is 1.67 bits per heavy atom.